The van der Waals surface area contributed by atoms with Crippen LogP contribution in [0.1, 0.15) is 5.56 Å². The summed E-state index contributed by atoms with van der Waals surface area (Å²) in [5.74, 6) is -1.02. The summed E-state index contributed by atoms with van der Waals surface area (Å²) in [7, 11) is 0. The van der Waals surface area contributed by atoms with Gasteiger partial charge in [-0.25, -0.2) is 8.78 Å². The van der Waals surface area contributed by atoms with E-state index in [1.54, 1.807) is 12.1 Å². The van der Waals surface area contributed by atoms with Gasteiger partial charge < -0.3 is 0 Å². The smallest absolute Gasteiger partial charge is 0.132 e. The molecule has 0 amide bonds. The standard InChI is InChI=1S/C14H8ClF2N/c15-11-3-4-12(14(17)8-11)10-2-1-9(5-6-18)13(16)7-10/h1-4,7-8H,5H2. The highest BCUT2D eigenvalue weighted by Crippen LogP contribution is 2.26. The second-order valence-electron chi connectivity index (χ2n) is 3.77. The summed E-state index contributed by atoms with van der Waals surface area (Å²) >= 11 is 5.65. The summed E-state index contributed by atoms with van der Waals surface area (Å²) in [6.07, 6.45) is -0.00475. The van der Waals surface area contributed by atoms with Gasteiger partial charge in [-0.2, -0.15) is 5.26 Å². The second-order valence-corrected chi connectivity index (χ2v) is 4.20. The van der Waals surface area contributed by atoms with E-state index in [4.69, 9.17) is 16.9 Å². The van der Waals surface area contributed by atoms with Gasteiger partial charge in [-0.1, -0.05) is 23.7 Å². The summed E-state index contributed by atoms with van der Waals surface area (Å²) in [6, 6.07) is 10.4. The Bertz CT molecular complexity index is 632. The van der Waals surface area contributed by atoms with Crippen molar-refractivity contribution in [2.45, 2.75) is 6.42 Å². The van der Waals surface area contributed by atoms with Crippen molar-refractivity contribution in [1.82, 2.24) is 0 Å². The van der Waals surface area contributed by atoms with Gasteiger partial charge in [-0.3, -0.25) is 0 Å². The van der Waals surface area contributed by atoms with Crippen LogP contribution in [0.5, 0.6) is 0 Å². The quantitative estimate of drug-likeness (QED) is 0.790. The van der Waals surface area contributed by atoms with Gasteiger partial charge in [0.15, 0.2) is 0 Å². The molecule has 0 bridgehead atoms. The van der Waals surface area contributed by atoms with E-state index < -0.39 is 11.6 Å². The zero-order valence-corrected chi connectivity index (χ0v) is 10.0. The molecule has 1 nitrogen and oxygen atoms in total. The molecule has 0 aliphatic rings. The molecule has 0 fully saturated rings. The van der Waals surface area contributed by atoms with Gasteiger partial charge in [0.25, 0.3) is 0 Å². The van der Waals surface area contributed by atoms with Crippen LogP contribution in [-0.2, 0) is 6.42 Å². The molecule has 0 atom stereocenters. The van der Waals surface area contributed by atoms with Crippen molar-refractivity contribution in [3.8, 4) is 17.2 Å². The third-order valence-electron chi connectivity index (χ3n) is 2.56. The largest absolute Gasteiger partial charge is 0.207 e. The zero-order chi connectivity index (χ0) is 13.1. The predicted octanol–water partition coefficient (Wildman–Crippen LogP) is 4.35. The first-order valence-electron chi connectivity index (χ1n) is 5.22. The molecule has 4 heteroatoms. The van der Waals surface area contributed by atoms with Crippen LogP contribution in [0, 0.1) is 23.0 Å². The molecule has 0 aromatic heterocycles. The van der Waals surface area contributed by atoms with E-state index in [-0.39, 0.29) is 17.0 Å². The number of halogens is 3. The first-order chi connectivity index (χ1) is 8.61. The maximum atomic E-state index is 13.7. The minimum Gasteiger partial charge on any atom is -0.207 e. The van der Waals surface area contributed by atoms with Crippen LogP contribution in [0.25, 0.3) is 11.1 Å². The van der Waals surface area contributed by atoms with E-state index in [1.165, 1.54) is 24.3 Å². The SMILES string of the molecule is N#CCc1ccc(-c2ccc(Cl)cc2F)cc1F. The van der Waals surface area contributed by atoms with E-state index >= 15 is 0 Å². The number of rotatable bonds is 2. The van der Waals surface area contributed by atoms with Crippen LogP contribution in [0.4, 0.5) is 8.78 Å². The zero-order valence-electron chi connectivity index (χ0n) is 9.25. The summed E-state index contributed by atoms with van der Waals surface area (Å²) in [5.41, 5.74) is 1.00. The molecule has 0 aliphatic heterocycles. The second kappa shape index (κ2) is 5.16. The third-order valence-corrected chi connectivity index (χ3v) is 2.80. The molecule has 90 valence electrons. The summed E-state index contributed by atoms with van der Waals surface area (Å²) in [6.45, 7) is 0. The van der Waals surface area contributed by atoms with Crippen molar-refractivity contribution in [3.05, 3.63) is 58.6 Å². The fraction of sp³-hybridized carbons (Fsp3) is 0.0714. The normalized spacial score (nSPS) is 10.1. The van der Waals surface area contributed by atoms with Gasteiger partial charge in [0.2, 0.25) is 0 Å². The molecular formula is C14H8ClF2N. The van der Waals surface area contributed by atoms with Crippen LogP contribution in [-0.4, -0.2) is 0 Å². The Morgan fingerprint density at radius 3 is 2.44 bits per heavy atom. The molecule has 0 spiro atoms. The lowest BCUT2D eigenvalue weighted by molar-refractivity contribution is 0.614. The molecule has 2 rings (SSSR count). The topological polar surface area (TPSA) is 23.8 Å². The van der Waals surface area contributed by atoms with E-state index in [2.05, 4.69) is 0 Å². The molecule has 2 aromatic rings. The molecule has 0 radical (unpaired) electrons. The monoisotopic (exact) mass is 263 g/mol. The Hall–Kier alpha value is -1.92. The highest BCUT2D eigenvalue weighted by Gasteiger charge is 2.09. The lowest BCUT2D eigenvalue weighted by Gasteiger charge is -2.06. The van der Waals surface area contributed by atoms with Crippen molar-refractivity contribution >= 4 is 11.6 Å². The molecule has 0 saturated heterocycles. The maximum absolute atomic E-state index is 13.7. The van der Waals surface area contributed by atoms with Gasteiger partial charge >= 0.3 is 0 Å². The lowest BCUT2D eigenvalue weighted by atomic mass is 10.0. The number of benzene rings is 2. The summed E-state index contributed by atoms with van der Waals surface area (Å²) in [5, 5.41) is 8.80. The molecule has 0 heterocycles. The highest BCUT2D eigenvalue weighted by atomic mass is 35.5. The Morgan fingerprint density at radius 1 is 1.06 bits per heavy atom. The number of hydrogen-bond donors (Lipinski definition) is 0. The van der Waals surface area contributed by atoms with Crippen LogP contribution in [0.2, 0.25) is 5.02 Å². The van der Waals surface area contributed by atoms with Gasteiger partial charge in [0, 0.05) is 16.1 Å². The molecular weight excluding hydrogens is 256 g/mol. The van der Waals surface area contributed by atoms with E-state index in [9.17, 15) is 8.78 Å². The molecule has 18 heavy (non-hydrogen) atoms. The average Bonchev–Trinajstić information content (AvgIpc) is 2.32. The summed E-state index contributed by atoms with van der Waals surface area (Å²) in [4.78, 5) is 0. The summed E-state index contributed by atoms with van der Waals surface area (Å²) < 4.78 is 27.3. The van der Waals surface area contributed by atoms with Gasteiger partial charge in [-0.15, -0.1) is 0 Å². The van der Waals surface area contributed by atoms with Crippen LogP contribution < -0.4 is 0 Å². The molecule has 0 unspecified atom stereocenters. The molecule has 2 aromatic carbocycles. The highest BCUT2D eigenvalue weighted by molar-refractivity contribution is 6.30. The van der Waals surface area contributed by atoms with Gasteiger partial charge in [0.05, 0.1) is 12.5 Å². The molecule has 0 aliphatic carbocycles. The third kappa shape index (κ3) is 2.49. The first-order valence-corrected chi connectivity index (χ1v) is 5.60. The maximum Gasteiger partial charge on any atom is 0.132 e. The Morgan fingerprint density at radius 2 is 1.83 bits per heavy atom. The fourth-order valence-corrected chi connectivity index (χ4v) is 1.83. The van der Waals surface area contributed by atoms with Crippen molar-refractivity contribution < 1.29 is 8.78 Å². The van der Waals surface area contributed by atoms with Crippen molar-refractivity contribution in [1.29, 1.82) is 5.26 Å². The number of nitriles is 1. The van der Waals surface area contributed by atoms with E-state index in [1.807, 2.05) is 6.07 Å². The predicted molar refractivity (Wildman–Crippen MR) is 66.1 cm³/mol. The van der Waals surface area contributed by atoms with E-state index in [0.717, 1.165) is 0 Å². The number of hydrogen-bond acceptors (Lipinski definition) is 1. The van der Waals surface area contributed by atoms with E-state index in [0.29, 0.717) is 11.1 Å². The first kappa shape index (κ1) is 12.5. The van der Waals surface area contributed by atoms with Crippen molar-refractivity contribution in [2.24, 2.45) is 0 Å². The molecule has 0 N–H and O–H groups in total. The minimum absolute atomic E-state index is 0.00475. The Kier molecular flexibility index (Phi) is 3.59. The lowest BCUT2D eigenvalue weighted by Crippen LogP contribution is -1.91. The van der Waals surface area contributed by atoms with Crippen LogP contribution >= 0.6 is 11.6 Å². The van der Waals surface area contributed by atoms with Crippen LogP contribution in [0.15, 0.2) is 36.4 Å². The number of nitrogens with zero attached hydrogens (tertiary/aromatic N) is 1. The minimum atomic E-state index is -0.511. The van der Waals surface area contributed by atoms with Crippen molar-refractivity contribution in [2.75, 3.05) is 0 Å². The Balaban J connectivity index is 2.46. The van der Waals surface area contributed by atoms with Crippen LogP contribution in [0.3, 0.4) is 0 Å². The van der Waals surface area contributed by atoms with Crippen molar-refractivity contribution in [3.63, 3.8) is 0 Å². The average molecular weight is 264 g/mol. The fourth-order valence-electron chi connectivity index (χ4n) is 1.67. The Labute approximate surface area is 108 Å². The van der Waals surface area contributed by atoms with Gasteiger partial charge in [-0.05, 0) is 29.8 Å². The van der Waals surface area contributed by atoms with Gasteiger partial charge in [0.1, 0.15) is 11.6 Å². The molecule has 0 saturated carbocycles.